The lowest BCUT2D eigenvalue weighted by molar-refractivity contribution is 0.554. The van der Waals surface area contributed by atoms with Crippen LogP contribution in [0, 0.1) is 5.82 Å². The van der Waals surface area contributed by atoms with E-state index in [2.05, 4.69) is 36.6 Å². The molecule has 18 heavy (non-hydrogen) atoms. The minimum Gasteiger partial charge on any atom is -0.210 e. The monoisotopic (exact) mass is 401 g/mol. The fraction of sp³-hybridized carbons (Fsp3) is 0.455. The normalized spacial score (nSPS) is 13.6. The van der Waals surface area contributed by atoms with Crippen molar-refractivity contribution < 1.29 is 12.8 Å². The van der Waals surface area contributed by atoms with Gasteiger partial charge in [0.1, 0.15) is 10.7 Å². The lowest BCUT2D eigenvalue weighted by atomic mass is 10.2. The van der Waals surface area contributed by atoms with E-state index < -0.39 is 15.8 Å². The van der Waals surface area contributed by atoms with Crippen LogP contribution < -0.4 is 4.72 Å². The first kappa shape index (κ1) is 16.1. The SMILES string of the molecule is CCCC(Br)CNS(=O)(=O)c1ccc(Br)cc1F. The van der Waals surface area contributed by atoms with Crippen LogP contribution >= 0.6 is 31.9 Å². The molecule has 0 heterocycles. The standard InChI is InChI=1S/C11H14Br2FNO2S/c1-2-3-9(13)7-15-18(16,17)11-5-4-8(12)6-10(11)14/h4-6,9,15H,2-3,7H2,1H3. The lowest BCUT2D eigenvalue weighted by Crippen LogP contribution is -2.30. The van der Waals surface area contributed by atoms with Gasteiger partial charge in [0.2, 0.25) is 10.0 Å². The van der Waals surface area contributed by atoms with Crippen LogP contribution in [0.1, 0.15) is 19.8 Å². The highest BCUT2D eigenvalue weighted by Gasteiger charge is 2.19. The second-order valence-electron chi connectivity index (χ2n) is 3.81. The molecule has 0 fully saturated rings. The van der Waals surface area contributed by atoms with Gasteiger partial charge in [0.15, 0.2) is 0 Å². The number of sulfonamides is 1. The first-order chi connectivity index (χ1) is 8.36. The van der Waals surface area contributed by atoms with Crippen molar-refractivity contribution in [3.05, 3.63) is 28.5 Å². The van der Waals surface area contributed by atoms with Gasteiger partial charge in [-0.3, -0.25) is 0 Å². The Morgan fingerprint density at radius 1 is 1.44 bits per heavy atom. The topological polar surface area (TPSA) is 46.2 Å². The number of rotatable bonds is 6. The van der Waals surface area contributed by atoms with E-state index in [4.69, 9.17) is 0 Å². The summed E-state index contributed by atoms with van der Waals surface area (Å²) in [5.41, 5.74) is 0. The zero-order valence-corrected chi connectivity index (χ0v) is 13.8. The highest BCUT2D eigenvalue weighted by molar-refractivity contribution is 9.10. The number of nitrogens with one attached hydrogen (secondary N) is 1. The minimum absolute atomic E-state index is 0.0517. The summed E-state index contributed by atoms with van der Waals surface area (Å²) >= 11 is 6.45. The van der Waals surface area contributed by atoms with Crippen molar-refractivity contribution in [2.75, 3.05) is 6.54 Å². The fourth-order valence-corrected chi connectivity index (χ4v) is 3.69. The number of hydrogen-bond acceptors (Lipinski definition) is 2. The van der Waals surface area contributed by atoms with E-state index in [9.17, 15) is 12.8 Å². The molecule has 1 rings (SSSR count). The van der Waals surface area contributed by atoms with E-state index in [1.807, 2.05) is 6.92 Å². The van der Waals surface area contributed by atoms with Gasteiger partial charge >= 0.3 is 0 Å². The van der Waals surface area contributed by atoms with Crippen molar-refractivity contribution in [3.8, 4) is 0 Å². The summed E-state index contributed by atoms with van der Waals surface area (Å²) in [6, 6.07) is 3.87. The van der Waals surface area contributed by atoms with Gasteiger partial charge in [0, 0.05) is 15.8 Å². The summed E-state index contributed by atoms with van der Waals surface area (Å²) < 4.78 is 40.2. The Kier molecular flexibility index (Phi) is 6.23. The van der Waals surface area contributed by atoms with Crippen molar-refractivity contribution >= 4 is 41.9 Å². The minimum atomic E-state index is -3.80. The molecule has 0 aliphatic carbocycles. The molecule has 0 radical (unpaired) electrons. The van der Waals surface area contributed by atoms with Gasteiger partial charge in [-0.05, 0) is 24.6 Å². The maximum Gasteiger partial charge on any atom is 0.243 e. The molecule has 1 atom stereocenters. The maximum absolute atomic E-state index is 13.6. The van der Waals surface area contributed by atoms with Gasteiger partial charge in [0.05, 0.1) is 0 Å². The third-order valence-corrected chi connectivity index (χ3v) is 5.01. The molecule has 0 aliphatic heterocycles. The zero-order chi connectivity index (χ0) is 13.8. The summed E-state index contributed by atoms with van der Waals surface area (Å²) in [6.07, 6.45) is 1.80. The summed E-state index contributed by atoms with van der Waals surface area (Å²) in [5.74, 6) is -0.765. The van der Waals surface area contributed by atoms with Crippen molar-refractivity contribution in [3.63, 3.8) is 0 Å². The predicted octanol–water partition coefficient (Wildman–Crippen LogP) is 3.43. The highest BCUT2D eigenvalue weighted by atomic mass is 79.9. The Morgan fingerprint density at radius 3 is 2.67 bits per heavy atom. The predicted molar refractivity (Wildman–Crippen MR) is 76.9 cm³/mol. The highest BCUT2D eigenvalue weighted by Crippen LogP contribution is 2.19. The van der Waals surface area contributed by atoms with E-state index in [0.717, 1.165) is 18.9 Å². The van der Waals surface area contributed by atoms with Gasteiger partial charge in [-0.15, -0.1) is 0 Å². The Bertz CT molecular complexity index is 508. The number of benzene rings is 1. The summed E-state index contributed by atoms with van der Waals surface area (Å²) in [5, 5.41) is 0. The molecule has 1 aromatic rings. The average molecular weight is 403 g/mol. The molecular weight excluding hydrogens is 389 g/mol. The van der Waals surface area contributed by atoms with Crippen LogP contribution in [0.2, 0.25) is 0 Å². The Morgan fingerprint density at radius 2 is 2.11 bits per heavy atom. The van der Waals surface area contributed by atoms with Crippen molar-refractivity contribution in [1.82, 2.24) is 4.72 Å². The van der Waals surface area contributed by atoms with E-state index in [1.54, 1.807) is 0 Å². The first-order valence-corrected chi connectivity index (χ1v) is 8.64. The number of hydrogen-bond donors (Lipinski definition) is 1. The third kappa shape index (κ3) is 4.60. The van der Waals surface area contributed by atoms with Crippen molar-refractivity contribution in [2.24, 2.45) is 0 Å². The van der Waals surface area contributed by atoms with E-state index in [1.165, 1.54) is 12.1 Å². The van der Waals surface area contributed by atoms with Gasteiger partial charge < -0.3 is 0 Å². The average Bonchev–Trinajstić information content (AvgIpc) is 2.26. The molecule has 0 saturated heterocycles. The quantitative estimate of drug-likeness (QED) is 0.741. The molecule has 0 aromatic heterocycles. The second-order valence-corrected chi connectivity index (χ2v) is 7.76. The molecule has 0 bridgehead atoms. The largest absolute Gasteiger partial charge is 0.243 e. The third-order valence-electron chi connectivity index (χ3n) is 2.28. The van der Waals surface area contributed by atoms with Crippen LogP contribution in [-0.2, 0) is 10.0 Å². The fourth-order valence-electron chi connectivity index (χ4n) is 1.39. The van der Waals surface area contributed by atoms with Crippen LogP contribution in [0.25, 0.3) is 0 Å². The number of alkyl halides is 1. The van der Waals surface area contributed by atoms with E-state index in [-0.39, 0.29) is 16.3 Å². The number of halogens is 3. The molecule has 1 aromatic carbocycles. The molecule has 7 heteroatoms. The van der Waals surface area contributed by atoms with E-state index >= 15 is 0 Å². The van der Waals surface area contributed by atoms with Crippen molar-refractivity contribution in [2.45, 2.75) is 29.5 Å². The van der Waals surface area contributed by atoms with Crippen LogP contribution in [0.5, 0.6) is 0 Å². The van der Waals surface area contributed by atoms with Crippen LogP contribution in [0.3, 0.4) is 0 Å². The summed E-state index contributed by atoms with van der Waals surface area (Å²) in [4.78, 5) is -0.280. The van der Waals surface area contributed by atoms with Gasteiger partial charge in [0.25, 0.3) is 0 Å². The Hall–Kier alpha value is 0.0200. The molecule has 102 valence electrons. The first-order valence-electron chi connectivity index (χ1n) is 5.45. The maximum atomic E-state index is 13.6. The zero-order valence-electron chi connectivity index (χ0n) is 9.79. The van der Waals surface area contributed by atoms with Crippen LogP contribution in [0.4, 0.5) is 4.39 Å². The molecule has 0 spiro atoms. The molecule has 0 saturated carbocycles. The smallest absolute Gasteiger partial charge is 0.210 e. The Balaban J connectivity index is 2.80. The van der Waals surface area contributed by atoms with Crippen molar-refractivity contribution in [1.29, 1.82) is 0 Å². The molecule has 1 unspecified atom stereocenters. The van der Waals surface area contributed by atoms with Gasteiger partial charge in [-0.2, -0.15) is 0 Å². The van der Waals surface area contributed by atoms with Gasteiger partial charge in [-0.25, -0.2) is 17.5 Å². The summed E-state index contributed by atoms with van der Waals surface area (Å²) in [7, 11) is -3.80. The molecule has 0 amide bonds. The van der Waals surface area contributed by atoms with Crippen LogP contribution in [-0.4, -0.2) is 19.8 Å². The molecule has 1 N–H and O–H groups in total. The van der Waals surface area contributed by atoms with Gasteiger partial charge in [-0.1, -0.05) is 45.2 Å². The van der Waals surface area contributed by atoms with E-state index in [0.29, 0.717) is 4.47 Å². The molecular formula is C11H14Br2FNO2S. The summed E-state index contributed by atoms with van der Waals surface area (Å²) in [6.45, 7) is 2.25. The molecule has 0 aliphatic rings. The van der Waals surface area contributed by atoms with Crippen LogP contribution in [0.15, 0.2) is 27.6 Å². The lowest BCUT2D eigenvalue weighted by Gasteiger charge is -2.11. The molecule has 3 nitrogen and oxygen atoms in total. The Labute approximate surface area is 123 Å². The second kappa shape index (κ2) is 6.98.